The van der Waals surface area contributed by atoms with Crippen molar-refractivity contribution in [3.63, 3.8) is 0 Å². The van der Waals surface area contributed by atoms with Gasteiger partial charge < -0.3 is 9.64 Å². The molecule has 3 heterocycles. The molecule has 6 heteroatoms. The van der Waals surface area contributed by atoms with Gasteiger partial charge in [-0.15, -0.1) is 11.3 Å². The van der Waals surface area contributed by atoms with Crippen LogP contribution in [0.3, 0.4) is 0 Å². The molecule has 144 valence electrons. The minimum atomic E-state index is 0.0838. The first kappa shape index (κ1) is 18.6. The summed E-state index contributed by atoms with van der Waals surface area (Å²) in [7, 11) is 0. The molecule has 0 unspecified atom stereocenters. The molecule has 0 bridgehead atoms. The van der Waals surface area contributed by atoms with Crippen LogP contribution in [0.2, 0.25) is 0 Å². The lowest BCUT2D eigenvalue weighted by atomic mass is 10.1. The molecule has 2 aliphatic rings. The second kappa shape index (κ2) is 8.50. The molecule has 2 saturated heterocycles. The number of thiazole rings is 1. The van der Waals surface area contributed by atoms with Gasteiger partial charge in [0, 0.05) is 43.5 Å². The Hall–Kier alpha value is -1.76. The summed E-state index contributed by atoms with van der Waals surface area (Å²) in [5, 5.41) is 2.97. The first-order valence-electron chi connectivity index (χ1n) is 9.83. The first-order chi connectivity index (χ1) is 13.2. The number of aromatic nitrogens is 1. The molecule has 1 aromatic carbocycles. The zero-order valence-electron chi connectivity index (χ0n) is 15.8. The fourth-order valence-electron chi connectivity index (χ4n) is 4.17. The summed E-state index contributed by atoms with van der Waals surface area (Å²) in [5.41, 5.74) is 1.92. The zero-order valence-corrected chi connectivity index (χ0v) is 16.7. The molecular weight excluding hydrogens is 358 g/mol. The number of likely N-dealkylation sites (tertiary alicyclic amines) is 1. The van der Waals surface area contributed by atoms with Crippen LogP contribution >= 0.6 is 11.3 Å². The number of aryl methyl sites for hydroxylation is 2. The number of nitrogens with zero attached hydrogens (tertiary/aromatic N) is 3. The van der Waals surface area contributed by atoms with Crippen molar-refractivity contribution >= 4 is 17.2 Å². The lowest BCUT2D eigenvalue weighted by Gasteiger charge is -2.35. The third-order valence-corrected chi connectivity index (χ3v) is 6.64. The molecule has 0 saturated carbocycles. The third kappa shape index (κ3) is 4.23. The van der Waals surface area contributed by atoms with Crippen molar-refractivity contribution in [1.29, 1.82) is 0 Å². The van der Waals surface area contributed by atoms with Crippen molar-refractivity contribution in [2.24, 2.45) is 0 Å². The molecule has 2 aromatic rings. The summed E-state index contributed by atoms with van der Waals surface area (Å²) in [4.78, 5) is 22.1. The molecule has 0 aliphatic carbocycles. The lowest BCUT2D eigenvalue weighted by Crippen LogP contribution is -2.49. The fourth-order valence-corrected chi connectivity index (χ4v) is 4.95. The van der Waals surface area contributed by atoms with Crippen molar-refractivity contribution in [3.05, 3.63) is 52.0 Å². The summed E-state index contributed by atoms with van der Waals surface area (Å²) in [6.45, 7) is 6.53. The summed E-state index contributed by atoms with van der Waals surface area (Å²) in [5.74, 6) is 0.0838. The fraction of sp³-hybridized carbons (Fsp3) is 0.524. The predicted molar refractivity (Wildman–Crippen MR) is 107 cm³/mol. The van der Waals surface area contributed by atoms with Crippen LogP contribution in [-0.2, 0) is 17.6 Å². The van der Waals surface area contributed by atoms with Crippen molar-refractivity contribution in [3.8, 4) is 0 Å². The minimum absolute atomic E-state index is 0.0838. The van der Waals surface area contributed by atoms with Gasteiger partial charge in [-0.1, -0.05) is 30.3 Å². The van der Waals surface area contributed by atoms with Crippen LogP contribution in [0.15, 0.2) is 35.7 Å². The van der Waals surface area contributed by atoms with Crippen LogP contribution in [0.4, 0.5) is 0 Å². The van der Waals surface area contributed by atoms with Gasteiger partial charge >= 0.3 is 0 Å². The van der Waals surface area contributed by atoms with E-state index in [4.69, 9.17) is 4.74 Å². The number of benzene rings is 1. The summed E-state index contributed by atoms with van der Waals surface area (Å²) < 4.78 is 5.46. The molecule has 0 radical (unpaired) electrons. The quantitative estimate of drug-likeness (QED) is 0.794. The molecule has 0 spiro atoms. The van der Waals surface area contributed by atoms with Crippen molar-refractivity contribution in [2.75, 3.05) is 32.8 Å². The number of amides is 1. The van der Waals surface area contributed by atoms with Gasteiger partial charge in [0.25, 0.3) is 5.91 Å². The van der Waals surface area contributed by atoms with Gasteiger partial charge in [0.2, 0.25) is 0 Å². The van der Waals surface area contributed by atoms with E-state index in [1.54, 1.807) is 11.3 Å². The second-order valence-electron chi connectivity index (χ2n) is 7.36. The monoisotopic (exact) mass is 385 g/mol. The number of rotatable bonds is 5. The Morgan fingerprint density at radius 2 is 1.96 bits per heavy atom. The van der Waals surface area contributed by atoms with E-state index in [2.05, 4.69) is 41.1 Å². The molecular formula is C21H27N3O2S. The van der Waals surface area contributed by atoms with Crippen LogP contribution in [0.25, 0.3) is 0 Å². The number of morpholine rings is 1. The van der Waals surface area contributed by atoms with E-state index in [9.17, 15) is 4.79 Å². The van der Waals surface area contributed by atoms with Crippen LogP contribution in [0.1, 0.15) is 34.4 Å². The van der Waals surface area contributed by atoms with E-state index >= 15 is 0 Å². The normalized spacial score (nSPS) is 23.7. The van der Waals surface area contributed by atoms with Crippen LogP contribution in [-0.4, -0.2) is 65.6 Å². The predicted octanol–water partition coefficient (Wildman–Crippen LogP) is 2.86. The highest BCUT2D eigenvalue weighted by molar-refractivity contribution is 7.09. The molecule has 2 atom stereocenters. The van der Waals surface area contributed by atoms with Crippen molar-refractivity contribution in [2.45, 2.75) is 38.3 Å². The smallest absolute Gasteiger partial charge is 0.273 e. The van der Waals surface area contributed by atoms with E-state index < -0.39 is 0 Å². The zero-order chi connectivity index (χ0) is 18.6. The maximum Gasteiger partial charge on any atom is 0.273 e. The van der Waals surface area contributed by atoms with Crippen LogP contribution in [0, 0.1) is 0 Å². The molecule has 1 aromatic heterocycles. The Morgan fingerprint density at radius 3 is 2.74 bits per heavy atom. The Bertz CT molecular complexity index is 758. The first-order valence-corrected chi connectivity index (χ1v) is 10.7. The Morgan fingerprint density at radius 1 is 1.19 bits per heavy atom. The van der Waals surface area contributed by atoms with Gasteiger partial charge in [-0.3, -0.25) is 9.69 Å². The van der Waals surface area contributed by atoms with E-state index in [0.29, 0.717) is 11.7 Å². The topological polar surface area (TPSA) is 45.7 Å². The highest BCUT2D eigenvalue weighted by Crippen LogP contribution is 2.26. The largest absolute Gasteiger partial charge is 0.379 e. The third-order valence-electron chi connectivity index (χ3n) is 5.73. The molecule has 2 fully saturated rings. The van der Waals surface area contributed by atoms with E-state index in [-0.39, 0.29) is 11.9 Å². The van der Waals surface area contributed by atoms with Crippen LogP contribution in [0.5, 0.6) is 0 Å². The van der Waals surface area contributed by atoms with Gasteiger partial charge in [0.05, 0.1) is 18.2 Å². The molecule has 5 nitrogen and oxygen atoms in total. The lowest BCUT2D eigenvalue weighted by molar-refractivity contribution is 0.0104. The SMILES string of the molecule is C[C@@H]1[C@H](N2CCOCC2)CCN1C(=O)c1csc(CCc2ccccc2)n1. The minimum Gasteiger partial charge on any atom is -0.379 e. The Labute approximate surface area is 165 Å². The van der Waals surface area contributed by atoms with E-state index in [0.717, 1.165) is 57.1 Å². The second-order valence-corrected chi connectivity index (χ2v) is 8.30. The maximum atomic E-state index is 13.0. The number of carbonyl (C=O) groups is 1. The highest BCUT2D eigenvalue weighted by atomic mass is 32.1. The average molecular weight is 386 g/mol. The summed E-state index contributed by atoms with van der Waals surface area (Å²) in [6.07, 6.45) is 2.88. The molecule has 0 N–H and O–H groups in total. The van der Waals surface area contributed by atoms with Gasteiger partial charge in [-0.25, -0.2) is 4.98 Å². The highest BCUT2D eigenvalue weighted by Gasteiger charge is 2.38. The molecule has 27 heavy (non-hydrogen) atoms. The summed E-state index contributed by atoms with van der Waals surface area (Å²) in [6, 6.07) is 11.1. The van der Waals surface area contributed by atoms with Gasteiger partial charge in [0.15, 0.2) is 0 Å². The Balaban J connectivity index is 1.36. The van der Waals surface area contributed by atoms with E-state index in [1.807, 2.05) is 16.3 Å². The Kier molecular flexibility index (Phi) is 5.86. The van der Waals surface area contributed by atoms with Gasteiger partial charge in [0.1, 0.15) is 5.69 Å². The summed E-state index contributed by atoms with van der Waals surface area (Å²) >= 11 is 1.60. The van der Waals surface area contributed by atoms with Crippen molar-refractivity contribution < 1.29 is 9.53 Å². The van der Waals surface area contributed by atoms with Crippen molar-refractivity contribution in [1.82, 2.24) is 14.8 Å². The molecule has 2 aliphatic heterocycles. The number of hydrogen-bond donors (Lipinski definition) is 0. The standard InChI is InChI=1S/C21H27N3O2S/c1-16-19(23-11-13-26-14-12-23)9-10-24(16)21(25)18-15-27-20(22-18)8-7-17-5-3-2-4-6-17/h2-6,15-16,19H,7-14H2,1H3/t16-,19-/m1/s1. The number of ether oxygens (including phenoxy) is 1. The van der Waals surface area contributed by atoms with Gasteiger partial charge in [-0.05, 0) is 25.3 Å². The molecule has 1 amide bonds. The van der Waals surface area contributed by atoms with E-state index in [1.165, 1.54) is 5.56 Å². The number of carbonyl (C=O) groups excluding carboxylic acids is 1. The van der Waals surface area contributed by atoms with Gasteiger partial charge in [-0.2, -0.15) is 0 Å². The molecule has 4 rings (SSSR count). The van der Waals surface area contributed by atoms with Crippen LogP contribution < -0.4 is 0 Å². The maximum absolute atomic E-state index is 13.0. The number of hydrogen-bond acceptors (Lipinski definition) is 5. The average Bonchev–Trinajstić information content (AvgIpc) is 3.34.